The molecule has 1 atom stereocenters. The van der Waals surface area contributed by atoms with Crippen LogP contribution < -0.4 is 5.43 Å². The number of benzene rings is 1. The van der Waals surface area contributed by atoms with E-state index in [1.807, 2.05) is 0 Å². The summed E-state index contributed by atoms with van der Waals surface area (Å²) in [4.78, 5) is 14.2. The van der Waals surface area contributed by atoms with Crippen LogP contribution in [0.4, 0.5) is 4.39 Å². The van der Waals surface area contributed by atoms with Gasteiger partial charge in [0.05, 0.1) is 11.6 Å². The number of fused-ring (bicyclic) bond motifs is 1. The van der Waals surface area contributed by atoms with Crippen molar-refractivity contribution >= 4 is 11.0 Å². The molecule has 0 saturated carbocycles. The van der Waals surface area contributed by atoms with Crippen molar-refractivity contribution in [2.75, 3.05) is 13.1 Å². The molecule has 1 aliphatic heterocycles. The number of hydrogen-bond donors (Lipinski definition) is 0. The Morgan fingerprint density at radius 3 is 3.05 bits per heavy atom. The molecule has 4 heteroatoms. The molecule has 1 saturated heterocycles. The third-order valence-electron chi connectivity index (χ3n) is 4.32. The molecule has 0 amide bonds. The Hall–Kier alpha value is -1.68. The van der Waals surface area contributed by atoms with Crippen LogP contribution in [0.3, 0.4) is 0 Å². The van der Waals surface area contributed by atoms with E-state index < -0.39 is 0 Å². The first-order valence-electron chi connectivity index (χ1n) is 7.48. The maximum absolute atomic E-state index is 14.5. The highest BCUT2D eigenvalue weighted by atomic mass is 19.1. The molecule has 0 N–H and O–H groups in total. The number of hydrogen-bond acceptors (Lipinski definition) is 3. The van der Waals surface area contributed by atoms with Crippen molar-refractivity contribution in [1.29, 1.82) is 0 Å². The lowest BCUT2D eigenvalue weighted by molar-refractivity contribution is 0.175. The van der Waals surface area contributed by atoms with Gasteiger partial charge < -0.3 is 4.42 Å². The molecule has 0 unspecified atom stereocenters. The normalized spacial score (nSPS) is 20.0. The number of halogens is 1. The van der Waals surface area contributed by atoms with Gasteiger partial charge >= 0.3 is 0 Å². The predicted molar refractivity (Wildman–Crippen MR) is 80.9 cm³/mol. The molecule has 1 aliphatic rings. The van der Waals surface area contributed by atoms with Gasteiger partial charge in [0, 0.05) is 30.3 Å². The maximum Gasteiger partial charge on any atom is 0.192 e. The molecule has 3 nitrogen and oxygen atoms in total. The summed E-state index contributed by atoms with van der Waals surface area (Å²) in [5.41, 5.74) is 1.25. The smallest absolute Gasteiger partial charge is 0.192 e. The van der Waals surface area contributed by atoms with Crippen LogP contribution in [0.5, 0.6) is 0 Å². The number of nitrogens with zero attached hydrogens (tertiary/aromatic N) is 1. The van der Waals surface area contributed by atoms with E-state index in [1.165, 1.54) is 18.8 Å². The minimum absolute atomic E-state index is 0.118. The Labute approximate surface area is 123 Å². The van der Waals surface area contributed by atoms with Crippen molar-refractivity contribution in [1.82, 2.24) is 4.90 Å². The van der Waals surface area contributed by atoms with Crippen LogP contribution >= 0.6 is 0 Å². The first-order valence-corrected chi connectivity index (χ1v) is 7.48. The van der Waals surface area contributed by atoms with E-state index in [9.17, 15) is 9.18 Å². The average molecular weight is 289 g/mol. The van der Waals surface area contributed by atoms with E-state index in [0.717, 1.165) is 19.5 Å². The highest BCUT2D eigenvalue weighted by molar-refractivity contribution is 5.80. The highest BCUT2D eigenvalue weighted by Gasteiger charge is 2.20. The summed E-state index contributed by atoms with van der Waals surface area (Å²) in [6, 6.07) is 3.04. The number of aryl methyl sites for hydroxylation is 1. The molecule has 0 bridgehead atoms. The van der Waals surface area contributed by atoms with Crippen molar-refractivity contribution in [3.8, 4) is 0 Å². The van der Waals surface area contributed by atoms with Crippen LogP contribution in [0.2, 0.25) is 0 Å². The van der Waals surface area contributed by atoms with Gasteiger partial charge in [0.25, 0.3) is 0 Å². The molecule has 21 heavy (non-hydrogen) atoms. The van der Waals surface area contributed by atoms with Gasteiger partial charge in [-0.1, -0.05) is 6.92 Å². The number of piperidine rings is 1. The number of likely N-dealkylation sites (tertiary alicyclic amines) is 1. The quantitative estimate of drug-likeness (QED) is 0.848. The maximum atomic E-state index is 14.5. The zero-order valence-electron chi connectivity index (χ0n) is 12.5. The minimum atomic E-state index is -0.255. The molecule has 0 radical (unpaired) electrons. The van der Waals surface area contributed by atoms with E-state index in [2.05, 4.69) is 11.8 Å². The van der Waals surface area contributed by atoms with Crippen LogP contribution in [-0.2, 0) is 6.54 Å². The summed E-state index contributed by atoms with van der Waals surface area (Å²) in [7, 11) is 0. The largest absolute Gasteiger partial charge is 0.464 e. The zero-order valence-corrected chi connectivity index (χ0v) is 12.5. The molecule has 2 heterocycles. The highest BCUT2D eigenvalue weighted by Crippen LogP contribution is 2.25. The molecule has 0 spiro atoms. The molecule has 0 aliphatic carbocycles. The summed E-state index contributed by atoms with van der Waals surface area (Å²) in [6.45, 7) is 6.43. The van der Waals surface area contributed by atoms with Crippen molar-refractivity contribution < 1.29 is 8.81 Å². The lowest BCUT2D eigenvalue weighted by Crippen LogP contribution is -2.34. The minimum Gasteiger partial charge on any atom is -0.464 e. The summed E-state index contributed by atoms with van der Waals surface area (Å²) >= 11 is 0. The van der Waals surface area contributed by atoms with Crippen LogP contribution in [0.25, 0.3) is 11.0 Å². The van der Waals surface area contributed by atoms with Crippen molar-refractivity contribution in [3.05, 3.63) is 45.6 Å². The van der Waals surface area contributed by atoms with Gasteiger partial charge in [0.15, 0.2) is 5.43 Å². The van der Waals surface area contributed by atoms with Gasteiger partial charge in [-0.3, -0.25) is 9.69 Å². The second-order valence-electron chi connectivity index (χ2n) is 6.12. The third-order valence-corrected chi connectivity index (χ3v) is 4.32. The second-order valence-corrected chi connectivity index (χ2v) is 6.12. The van der Waals surface area contributed by atoms with Crippen LogP contribution in [0.15, 0.2) is 27.6 Å². The van der Waals surface area contributed by atoms with E-state index in [0.29, 0.717) is 34.6 Å². The fourth-order valence-electron chi connectivity index (χ4n) is 3.22. The molecule has 2 aromatic rings. The SMILES string of the molecule is Cc1c(F)c(CN2CCC[C@H](C)C2)cc2c(=O)ccoc12. The van der Waals surface area contributed by atoms with Gasteiger partial charge in [-0.15, -0.1) is 0 Å². The Morgan fingerprint density at radius 1 is 1.48 bits per heavy atom. The summed E-state index contributed by atoms with van der Waals surface area (Å²) in [5, 5.41) is 0.469. The van der Waals surface area contributed by atoms with Crippen LogP contribution in [0, 0.1) is 18.7 Å². The first kappa shape index (κ1) is 14.3. The Bertz CT molecular complexity index is 723. The van der Waals surface area contributed by atoms with Crippen LogP contribution in [-0.4, -0.2) is 18.0 Å². The van der Waals surface area contributed by atoms with E-state index in [-0.39, 0.29) is 11.2 Å². The molecular formula is C17H20FNO2. The Kier molecular flexibility index (Phi) is 3.81. The Morgan fingerprint density at radius 2 is 2.29 bits per heavy atom. The molecule has 1 aromatic carbocycles. The fourth-order valence-corrected chi connectivity index (χ4v) is 3.22. The average Bonchev–Trinajstić information content (AvgIpc) is 2.46. The molecular weight excluding hydrogens is 269 g/mol. The summed E-state index contributed by atoms with van der Waals surface area (Å²) in [5.74, 6) is 0.392. The fraction of sp³-hybridized carbons (Fsp3) is 0.471. The van der Waals surface area contributed by atoms with Crippen LogP contribution in [0.1, 0.15) is 30.9 Å². The summed E-state index contributed by atoms with van der Waals surface area (Å²) < 4.78 is 19.8. The van der Waals surface area contributed by atoms with Crippen molar-refractivity contribution in [3.63, 3.8) is 0 Å². The Balaban J connectivity index is 2.00. The number of rotatable bonds is 2. The zero-order chi connectivity index (χ0) is 15.0. The first-order chi connectivity index (χ1) is 10.1. The standard InChI is InChI=1S/C17H20FNO2/c1-11-4-3-6-19(9-11)10-13-8-14-15(20)5-7-21-17(14)12(2)16(13)18/h5,7-8,11H,3-4,6,9-10H2,1-2H3/t11-/m0/s1. The topological polar surface area (TPSA) is 33.5 Å². The molecule has 3 rings (SSSR count). The lowest BCUT2D eigenvalue weighted by atomic mass is 9.99. The second kappa shape index (κ2) is 5.60. The monoisotopic (exact) mass is 289 g/mol. The summed E-state index contributed by atoms with van der Waals surface area (Å²) in [6.07, 6.45) is 3.71. The van der Waals surface area contributed by atoms with Crippen molar-refractivity contribution in [2.45, 2.75) is 33.2 Å². The molecule has 1 fully saturated rings. The van der Waals surface area contributed by atoms with E-state index in [1.54, 1.807) is 13.0 Å². The van der Waals surface area contributed by atoms with Gasteiger partial charge in [-0.2, -0.15) is 0 Å². The van der Waals surface area contributed by atoms with Crippen molar-refractivity contribution in [2.24, 2.45) is 5.92 Å². The van der Waals surface area contributed by atoms with Gasteiger partial charge in [0.1, 0.15) is 11.4 Å². The van der Waals surface area contributed by atoms with Gasteiger partial charge in [-0.25, -0.2) is 4.39 Å². The van der Waals surface area contributed by atoms with E-state index >= 15 is 0 Å². The van der Waals surface area contributed by atoms with Gasteiger partial charge in [0.2, 0.25) is 0 Å². The predicted octanol–water partition coefficient (Wildman–Crippen LogP) is 3.47. The van der Waals surface area contributed by atoms with Gasteiger partial charge in [-0.05, 0) is 38.3 Å². The third kappa shape index (κ3) is 2.72. The van der Waals surface area contributed by atoms with E-state index in [4.69, 9.17) is 4.42 Å². The molecule has 112 valence electrons. The molecule has 1 aromatic heterocycles. The lowest BCUT2D eigenvalue weighted by Gasteiger charge is -2.31.